The summed E-state index contributed by atoms with van der Waals surface area (Å²) in [5.74, 6) is -1.80. The van der Waals surface area contributed by atoms with Crippen LogP contribution in [0.2, 0.25) is 0 Å². The molecule has 1 rings (SSSR count). The summed E-state index contributed by atoms with van der Waals surface area (Å²) >= 11 is 0. The molecule has 18 heavy (non-hydrogen) atoms. The van der Waals surface area contributed by atoms with E-state index in [1.165, 1.54) is 12.2 Å². The Balaban J connectivity index is 2.66. The Morgan fingerprint density at radius 1 is 1.06 bits per heavy atom. The van der Waals surface area contributed by atoms with Gasteiger partial charge in [0.1, 0.15) is 13.2 Å². The van der Waals surface area contributed by atoms with Crippen molar-refractivity contribution in [3.63, 3.8) is 0 Å². The lowest BCUT2D eigenvalue weighted by Crippen LogP contribution is -2.39. The summed E-state index contributed by atoms with van der Waals surface area (Å²) < 4.78 is 18.4. The van der Waals surface area contributed by atoms with E-state index in [9.17, 15) is 14.4 Å². The monoisotopic (exact) mass is 256 g/mol. The molecule has 0 aliphatic carbocycles. The number of ether oxygens (including phenoxy) is 4. The first kappa shape index (κ1) is 13.8. The van der Waals surface area contributed by atoms with Crippen LogP contribution in [0, 0.1) is 0 Å². The van der Waals surface area contributed by atoms with Gasteiger partial charge in [-0.15, -0.1) is 0 Å². The number of carbonyl (C=O) groups is 3. The Labute approximate surface area is 103 Å². The molecule has 2 atom stereocenters. The molecule has 1 saturated heterocycles. The number of esters is 2. The molecule has 0 radical (unpaired) electrons. The van der Waals surface area contributed by atoms with Crippen LogP contribution >= 0.6 is 0 Å². The van der Waals surface area contributed by atoms with Gasteiger partial charge in [0.2, 0.25) is 12.2 Å². The van der Waals surface area contributed by atoms with Crippen molar-refractivity contribution >= 4 is 18.1 Å². The van der Waals surface area contributed by atoms with E-state index in [-0.39, 0.29) is 13.2 Å². The van der Waals surface area contributed by atoms with Crippen molar-refractivity contribution in [3.8, 4) is 0 Å². The molecule has 1 aliphatic rings. The molecule has 7 heteroatoms. The fourth-order valence-electron chi connectivity index (χ4n) is 1.15. The van der Waals surface area contributed by atoms with E-state index in [0.717, 1.165) is 0 Å². The molecule has 98 valence electrons. The normalized spacial score (nSPS) is 21.4. The van der Waals surface area contributed by atoms with Crippen LogP contribution in [0.15, 0.2) is 25.3 Å². The standard InChI is InChI=1S/C11H12O7/c1-3-5-15-9(12)7-8(18-11(14)17-7)10(13)16-6-4-2/h3-4,7-8H,1-2,5-6H2. The highest BCUT2D eigenvalue weighted by Gasteiger charge is 2.48. The van der Waals surface area contributed by atoms with E-state index in [1.807, 2.05) is 0 Å². The molecule has 2 unspecified atom stereocenters. The van der Waals surface area contributed by atoms with Crippen LogP contribution < -0.4 is 0 Å². The van der Waals surface area contributed by atoms with Crippen LogP contribution in [0.1, 0.15) is 0 Å². The molecular formula is C11H12O7. The van der Waals surface area contributed by atoms with Gasteiger partial charge in [-0.2, -0.15) is 0 Å². The van der Waals surface area contributed by atoms with Crippen molar-refractivity contribution in [1.29, 1.82) is 0 Å². The highest BCUT2D eigenvalue weighted by Crippen LogP contribution is 2.18. The minimum atomic E-state index is -1.46. The maximum atomic E-state index is 11.5. The molecule has 1 heterocycles. The number of hydrogen-bond donors (Lipinski definition) is 0. The maximum absolute atomic E-state index is 11.5. The zero-order chi connectivity index (χ0) is 13.5. The highest BCUT2D eigenvalue weighted by atomic mass is 16.8. The third kappa shape index (κ3) is 3.34. The fourth-order valence-corrected chi connectivity index (χ4v) is 1.15. The first-order valence-electron chi connectivity index (χ1n) is 5.02. The van der Waals surface area contributed by atoms with Crippen molar-refractivity contribution in [3.05, 3.63) is 25.3 Å². The second-order valence-electron chi connectivity index (χ2n) is 3.16. The third-order valence-electron chi connectivity index (χ3n) is 1.87. The van der Waals surface area contributed by atoms with E-state index in [4.69, 9.17) is 0 Å². The molecule has 0 spiro atoms. The van der Waals surface area contributed by atoms with Crippen molar-refractivity contribution in [2.24, 2.45) is 0 Å². The lowest BCUT2D eigenvalue weighted by Gasteiger charge is -2.12. The van der Waals surface area contributed by atoms with E-state index >= 15 is 0 Å². The smallest absolute Gasteiger partial charge is 0.459 e. The number of carbonyl (C=O) groups excluding carboxylic acids is 3. The molecule has 0 aromatic heterocycles. The zero-order valence-corrected chi connectivity index (χ0v) is 9.50. The minimum absolute atomic E-state index is 0.0681. The second kappa shape index (κ2) is 6.43. The largest absolute Gasteiger partial charge is 0.510 e. The Kier molecular flexibility index (Phi) is 4.91. The predicted molar refractivity (Wildman–Crippen MR) is 57.5 cm³/mol. The summed E-state index contributed by atoms with van der Waals surface area (Å²) in [4.78, 5) is 33.9. The van der Waals surface area contributed by atoms with E-state index in [2.05, 4.69) is 32.1 Å². The molecule has 0 aromatic carbocycles. The molecule has 1 aliphatic heterocycles. The average Bonchev–Trinajstić information content (AvgIpc) is 2.75. The van der Waals surface area contributed by atoms with Crippen molar-refractivity contribution in [1.82, 2.24) is 0 Å². The number of cyclic esters (lactones) is 2. The summed E-state index contributed by atoms with van der Waals surface area (Å²) in [5, 5.41) is 0. The minimum Gasteiger partial charge on any atom is -0.459 e. The van der Waals surface area contributed by atoms with Crippen LogP contribution in [-0.4, -0.2) is 43.5 Å². The molecule has 7 nitrogen and oxygen atoms in total. The van der Waals surface area contributed by atoms with Gasteiger partial charge in [-0.05, 0) is 0 Å². The van der Waals surface area contributed by atoms with Gasteiger partial charge in [0, 0.05) is 0 Å². The maximum Gasteiger partial charge on any atom is 0.510 e. The second-order valence-corrected chi connectivity index (χ2v) is 3.16. The quantitative estimate of drug-likeness (QED) is 0.385. The first-order chi connectivity index (χ1) is 8.60. The Hall–Kier alpha value is -2.31. The SMILES string of the molecule is C=CCOC(=O)C1OC(=O)OC1C(=O)OCC=C. The Morgan fingerprint density at radius 2 is 1.44 bits per heavy atom. The fraction of sp³-hybridized carbons (Fsp3) is 0.364. The Bertz CT molecular complexity index is 340. The van der Waals surface area contributed by atoms with Crippen LogP contribution in [-0.2, 0) is 28.5 Å². The lowest BCUT2D eigenvalue weighted by molar-refractivity contribution is -0.162. The van der Waals surface area contributed by atoms with Gasteiger partial charge in [0.15, 0.2) is 0 Å². The molecule has 0 aromatic rings. The molecule has 0 amide bonds. The lowest BCUT2D eigenvalue weighted by atomic mass is 10.2. The summed E-state index contributed by atoms with van der Waals surface area (Å²) in [6.45, 7) is 6.56. The summed E-state index contributed by atoms with van der Waals surface area (Å²) in [5.41, 5.74) is 0. The van der Waals surface area contributed by atoms with Crippen molar-refractivity contribution in [2.45, 2.75) is 12.2 Å². The van der Waals surface area contributed by atoms with Crippen LogP contribution in [0.25, 0.3) is 0 Å². The average molecular weight is 256 g/mol. The molecular weight excluding hydrogens is 244 g/mol. The van der Waals surface area contributed by atoms with Gasteiger partial charge in [-0.3, -0.25) is 0 Å². The van der Waals surface area contributed by atoms with E-state index in [0.29, 0.717) is 0 Å². The third-order valence-corrected chi connectivity index (χ3v) is 1.87. The number of hydrogen-bond acceptors (Lipinski definition) is 7. The van der Waals surface area contributed by atoms with Gasteiger partial charge in [0.25, 0.3) is 0 Å². The zero-order valence-electron chi connectivity index (χ0n) is 9.50. The molecule has 0 N–H and O–H groups in total. The van der Waals surface area contributed by atoms with E-state index < -0.39 is 30.3 Å². The predicted octanol–water partition coefficient (Wildman–Crippen LogP) is 0.349. The van der Waals surface area contributed by atoms with Gasteiger partial charge in [0.05, 0.1) is 0 Å². The highest BCUT2D eigenvalue weighted by molar-refractivity contribution is 5.90. The van der Waals surface area contributed by atoms with Crippen LogP contribution in [0.4, 0.5) is 4.79 Å². The van der Waals surface area contributed by atoms with Crippen LogP contribution in [0.5, 0.6) is 0 Å². The van der Waals surface area contributed by atoms with E-state index in [1.54, 1.807) is 0 Å². The Morgan fingerprint density at radius 3 is 1.78 bits per heavy atom. The van der Waals surface area contributed by atoms with Crippen molar-refractivity contribution < 1.29 is 33.3 Å². The summed E-state index contributed by atoms with van der Waals surface area (Å²) in [7, 11) is 0. The van der Waals surface area contributed by atoms with Gasteiger partial charge >= 0.3 is 18.1 Å². The molecule has 0 saturated carbocycles. The topological polar surface area (TPSA) is 88.1 Å². The summed E-state index contributed by atoms with van der Waals surface area (Å²) in [6.07, 6.45) is -1.39. The molecule has 0 bridgehead atoms. The van der Waals surface area contributed by atoms with Gasteiger partial charge in [-0.25, -0.2) is 14.4 Å². The van der Waals surface area contributed by atoms with Gasteiger partial charge < -0.3 is 18.9 Å². The van der Waals surface area contributed by atoms with Crippen LogP contribution in [0.3, 0.4) is 0 Å². The van der Waals surface area contributed by atoms with Crippen molar-refractivity contribution in [2.75, 3.05) is 13.2 Å². The summed E-state index contributed by atoms with van der Waals surface area (Å²) in [6, 6.07) is 0. The first-order valence-corrected chi connectivity index (χ1v) is 5.02. The van der Waals surface area contributed by atoms with Gasteiger partial charge in [-0.1, -0.05) is 25.3 Å². The number of rotatable bonds is 6. The molecule has 1 fully saturated rings.